The van der Waals surface area contributed by atoms with Crippen LogP contribution in [0.5, 0.6) is 0 Å². The number of carboxylic acids is 1. The summed E-state index contributed by atoms with van der Waals surface area (Å²) in [5.41, 5.74) is 0. The van der Waals surface area contributed by atoms with Gasteiger partial charge in [-0.05, 0) is 18.8 Å². The van der Waals surface area contributed by atoms with Crippen molar-refractivity contribution in [3.05, 3.63) is 24.3 Å². The van der Waals surface area contributed by atoms with Crippen molar-refractivity contribution in [3.8, 4) is 0 Å². The Morgan fingerprint density at radius 1 is 1.31 bits per heavy atom. The molecule has 0 amide bonds. The maximum absolute atomic E-state index is 10.2. The van der Waals surface area contributed by atoms with Crippen molar-refractivity contribution in [2.75, 3.05) is 0 Å². The van der Waals surface area contributed by atoms with Crippen LogP contribution in [0.1, 0.15) is 52.4 Å². The van der Waals surface area contributed by atoms with E-state index in [1.54, 1.807) is 0 Å². The number of hydrogen-bond acceptors (Lipinski definition) is 1. The van der Waals surface area contributed by atoms with Gasteiger partial charge < -0.3 is 5.11 Å². The maximum Gasteiger partial charge on any atom is 0.303 e. The molecule has 1 N–H and O–H groups in total. The summed E-state index contributed by atoms with van der Waals surface area (Å²) in [5, 5.41) is 8.43. The van der Waals surface area contributed by atoms with Crippen LogP contribution in [-0.4, -0.2) is 11.1 Å². The smallest absolute Gasteiger partial charge is 0.303 e. The zero-order chi connectivity index (χ0) is 12.2. The number of carbonyl (C=O) groups is 1. The third-order valence-corrected chi connectivity index (χ3v) is 2.47. The van der Waals surface area contributed by atoms with Crippen molar-refractivity contribution in [1.82, 2.24) is 0 Å². The fourth-order valence-electron chi connectivity index (χ4n) is 1.45. The third kappa shape index (κ3) is 11.0. The molecule has 0 unspecified atom stereocenters. The van der Waals surface area contributed by atoms with Crippen LogP contribution >= 0.6 is 0 Å². The standard InChI is InChI=1S/C14H24O2/c1-3-4-7-10-13(2)11-8-5-6-9-12-14(15)16/h5-6,8,11,13H,3-4,7,9-10,12H2,1-2H3,(H,15,16)/b6-5-,11-8+/t13-/m0/s1. The molecular weight excluding hydrogens is 200 g/mol. The number of hydrogen-bond donors (Lipinski definition) is 1. The van der Waals surface area contributed by atoms with Crippen LogP contribution in [0, 0.1) is 5.92 Å². The van der Waals surface area contributed by atoms with Crippen LogP contribution in [0.2, 0.25) is 0 Å². The molecule has 2 heteroatoms. The van der Waals surface area contributed by atoms with Crippen molar-refractivity contribution in [2.45, 2.75) is 52.4 Å². The molecule has 16 heavy (non-hydrogen) atoms. The van der Waals surface area contributed by atoms with Gasteiger partial charge in [0.05, 0.1) is 0 Å². The Balaban J connectivity index is 3.53. The van der Waals surface area contributed by atoms with E-state index in [1.807, 2.05) is 18.2 Å². The van der Waals surface area contributed by atoms with E-state index in [-0.39, 0.29) is 6.42 Å². The lowest BCUT2D eigenvalue weighted by Crippen LogP contribution is -1.91. The SMILES string of the molecule is CCCCC[C@H](C)/C=C/C=C\CCC(=O)O. The van der Waals surface area contributed by atoms with Gasteiger partial charge >= 0.3 is 5.97 Å². The molecule has 0 rings (SSSR count). The fraction of sp³-hybridized carbons (Fsp3) is 0.643. The van der Waals surface area contributed by atoms with Gasteiger partial charge in [0.25, 0.3) is 0 Å². The van der Waals surface area contributed by atoms with E-state index in [4.69, 9.17) is 5.11 Å². The van der Waals surface area contributed by atoms with Gasteiger partial charge in [-0.3, -0.25) is 4.79 Å². The van der Waals surface area contributed by atoms with E-state index >= 15 is 0 Å². The van der Waals surface area contributed by atoms with E-state index in [0.717, 1.165) is 0 Å². The predicted molar refractivity (Wildman–Crippen MR) is 68.5 cm³/mol. The Kier molecular flexibility index (Phi) is 9.78. The van der Waals surface area contributed by atoms with Crippen molar-refractivity contribution < 1.29 is 9.90 Å². The summed E-state index contributed by atoms with van der Waals surface area (Å²) in [6, 6.07) is 0. The number of rotatable bonds is 9. The third-order valence-electron chi connectivity index (χ3n) is 2.47. The molecule has 2 nitrogen and oxygen atoms in total. The van der Waals surface area contributed by atoms with Crippen molar-refractivity contribution in [3.63, 3.8) is 0 Å². The normalized spacial score (nSPS) is 13.6. The van der Waals surface area contributed by atoms with Crippen molar-refractivity contribution >= 4 is 5.97 Å². The molecule has 92 valence electrons. The highest BCUT2D eigenvalue weighted by atomic mass is 16.4. The summed E-state index contributed by atoms with van der Waals surface area (Å²) < 4.78 is 0. The Morgan fingerprint density at radius 2 is 2.06 bits per heavy atom. The summed E-state index contributed by atoms with van der Waals surface area (Å²) in [4.78, 5) is 10.2. The quantitative estimate of drug-likeness (QED) is 0.471. The maximum atomic E-state index is 10.2. The number of aliphatic carboxylic acids is 1. The molecule has 0 heterocycles. The van der Waals surface area contributed by atoms with Crippen LogP contribution in [0.3, 0.4) is 0 Å². The molecule has 0 aromatic carbocycles. The molecule has 0 bridgehead atoms. The molecule has 0 radical (unpaired) electrons. The summed E-state index contributed by atoms with van der Waals surface area (Å²) in [6.07, 6.45) is 14.0. The van der Waals surface area contributed by atoms with E-state index in [1.165, 1.54) is 25.7 Å². The zero-order valence-corrected chi connectivity index (χ0v) is 10.5. The topological polar surface area (TPSA) is 37.3 Å². The molecule has 0 saturated heterocycles. The second kappa shape index (κ2) is 10.5. The second-order valence-corrected chi connectivity index (χ2v) is 4.22. The largest absolute Gasteiger partial charge is 0.481 e. The Hall–Kier alpha value is -1.05. The highest BCUT2D eigenvalue weighted by molar-refractivity contribution is 5.66. The predicted octanol–water partition coefficient (Wildman–Crippen LogP) is 4.18. The minimum Gasteiger partial charge on any atom is -0.481 e. The van der Waals surface area contributed by atoms with Crippen LogP contribution < -0.4 is 0 Å². The molecule has 0 aromatic heterocycles. The summed E-state index contributed by atoms with van der Waals surface area (Å²) in [7, 11) is 0. The van der Waals surface area contributed by atoms with E-state index in [9.17, 15) is 4.79 Å². The van der Waals surface area contributed by atoms with Gasteiger partial charge in [0.1, 0.15) is 0 Å². The zero-order valence-electron chi connectivity index (χ0n) is 10.5. The average molecular weight is 224 g/mol. The average Bonchev–Trinajstić information content (AvgIpc) is 2.23. The Labute approximate surface area is 99.1 Å². The highest BCUT2D eigenvalue weighted by Gasteiger charge is 1.95. The molecular formula is C14H24O2. The minimum atomic E-state index is -0.735. The Bertz CT molecular complexity index is 229. The lowest BCUT2D eigenvalue weighted by Gasteiger charge is -2.03. The first-order chi connectivity index (χ1) is 7.66. The molecule has 0 aliphatic rings. The first-order valence-electron chi connectivity index (χ1n) is 6.22. The van der Waals surface area contributed by atoms with E-state index in [2.05, 4.69) is 19.9 Å². The number of unbranched alkanes of at least 4 members (excludes halogenated alkanes) is 2. The molecule has 0 aliphatic carbocycles. The van der Waals surface area contributed by atoms with Crippen molar-refractivity contribution in [2.24, 2.45) is 5.92 Å². The first kappa shape index (κ1) is 14.9. The van der Waals surface area contributed by atoms with E-state index in [0.29, 0.717) is 12.3 Å². The summed E-state index contributed by atoms with van der Waals surface area (Å²) >= 11 is 0. The molecule has 1 atom stereocenters. The summed E-state index contributed by atoms with van der Waals surface area (Å²) in [6.45, 7) is 4.43. The molecule has 0 spiro atoms. The van der Waals surface area contributed by atoms with Crippen LogP contribution in [0.25, 0.3) is 0 Å². The monoisotopic (exact) mass is 224 g/mol. The van der Waals surface area contributed by atoms with Gasteiger partial charge in [0, 0.05) is 6.42 Å². The van der Waals surface area contributed by atoms with Gasteiger partial charge in [0.2, 0.25) is 0 Å². The van der Waals surface area contributed by atoms with Gasteiger partial charge in [-0.2, -0.15) is 0 Å². The first-order valence-corrected chi connectivity index (χ1v) is 6.22. The minimum absolute atomic E-state index is 0.219. The lowest BCUT2D eigenvalue weighted by molar-refractivity contribution is -0.136. The van der Waals surface area contributed by atoms with Gasteiger partial charge in [0.15, 0.2) is 0 Å². The number of allylic oxidation sites excluding steroid dienone is 4. The Morgan fingerprint density at radius 3 is 2.69 bits per heavy atom. The molecule has 0 aromatic rings. The lowest BCUT2D eigenvalue weighted by atomic mass is 10.0. The molecule has 0 saturated carbocycles. The van der Waals surface area contributed by atoms with E-state index < -0.39 is 5.97 Å². The number of carboxylic acid groups (broad SMARTS) is 1. The fourth-order valence-corrected chi connectivity index (χ4v) is 1.45. The molecule has 0 aliphatic heterocycles. The van der Waals surface area contributed by atoms with Gasteiger partial charge in [-0.25, -0.2) is 0 Å². The summed E-state index contributed by atoms with van der Waals surface area (Å²) in [5.74, 6) is -0.114. The second-order valence-electron chi connectivity index (χ2n) is 4.22. The van der Waals surface area contributed by atoms with Gasteiger partial charge in [-0.1, -0.05) is 57.4 Å². The van der Waals surface area contributed by atoms with Crippen LogP contribution in [0.15, 0.2) is 24.3 Å². The molecule has 0 fully saturated rings. The highest BCUT2D eigenvalue weighted by Crippen LogP contribution is 2.10. The van der Waals surface area contributed by atoms with Crippen molar-refractivity contribution in [1.29, 1.82) is 0 Å². The van der Waals surface area contributed by atoms with Gasteiger partial charge in [-0.15, -0.1) is 0 Å². The van der Waals surface area contributed by atoms with Crippen LogP contribution in [-0.2, 0) is 4.79 Å². The van der Waals surface area contributed by atoms with Crippen LogP contribution in [0.4, 0.5) is 0 Å².